The molecule has 9 heteroatoms. The number of piperidine rings is 1. The molecule has 1 aliphatic heterocycles. The van der Waals surface area contributed by atoms with Crippen LogP contribution in [0.15, 0.2) is 30.6 Å². The van der Waals surface area contributed by atoms with Crippen molar-refractivity contribution in [3.63, 3.8) is 0 Å². The quantitative estimate of drug-likeness (QED) is 0.732. The van der Waals surface area contributed by atoms with Crippen molar-refractivity contribution in [1.82, 2.24) is 14.9 Å². The lowest BCUT2D eigenvalue weighted by atomic mass is 9.77. The van der Waals surface area contributed by atoms with Crippen LogP contribution < -0.4 is 11.1 Å². The predicted octanol–water partition coefficient (Wildman–Crippen LogP) is 3.03. The van der Waals surface area contributed by atoms with Gasteiger partial charge in [-0.1, -0.05) is 13.0 Å². The average molecular weight is 417 g/mol. The van der Waals surface area contributed by atoms with Crippen LogP contribution in [0.5, 0.6) is 0 Å². The summed E-state index contributed by atoms with van der Waals surface area (Å²) in [6.45, 7) is 6.15. The maximum absolute atomic E-state index is 14.6. The number of hydrogen-bond acceptors (Lipinski definition) is 5. The number of amides is 2. The first kappa shape index (κ1) is 21.6. The van der Waals surface area contributed by atoms with Crippen molar-refractivity contribution < 1.29 is 18.4 Å². The second-order valence-corrected chi connectivity index (χ2v) is 8.10. The Kier molecular flexibility index (Phi) is 5.49. The number of likely N-dealkylation sites (tertiary alicyclic amines) is 1. The number of halogens is 2. The molecule has 0 aromatic carbocycles. The van der Waals surface area contributed by atoms with Gasteiger partial charge in [0, 0.05) is 30.8 Å². The first-order valence-electron chi connectivity index (χ1n) is 9.60. The minimum atomic E-state index is -3.00. The van der Waals surface area contributed by atoms with Gasteiger partial charge in [-0.05, 0) is 44.0 Å². The molecular formula is C21H25F2N5O2. The molecule has 3 rings (SSSR count). The van der Waals surface area contributed by atoms with Crippen molar-refractivity contribution >= 4 is 23.3 Å². The smallest absolute Gasteiger partial charge is 0.313 e. The molecule has 0 unspecified atom stereocenters. The highest BCUT2D eigenvalue weighted by Crippen LogP contribution is 2.46. The molecule has 3 heterocycles. The Bertz CT molecular complexity index is 980. The summed E-state index contributed by atoms with van der Waals surface area (Å²) >= 11 is 0. The highest BCUT2D eigenvalue weighted by atomic mass is 19.3. The van der Waals surface area contributed by atoms with Crippen molar-refractivity contribution in [2.24, 2.45) is 5.92 Å². The summed E-state index contributed by atoms with van der Waals surface area (Å²) < 4.78 is 29.3. The number of alkyl halides is 2. The van der Waals surface area contributed by atoms with Crippen molar-refractivity contribution in [3.8, 4) is 0 Å². The molecule has 2 atom stereocenters. The molecule has 160 valence electrons. The van der Waals surface area contributed by atoms with E-state index in [1.807, 2.05) is 0 Å². The van der Waals surface area contributed by atoms with E-state index in [-0.39, 0.29) is 6.54 Å². The van der Waals surface area contributed by atoms with Gasteiger partial charge in [-0.2, -0.15) is 0 Å². The van der Waals surface area contributed by atoms with Gasteiger partial charge in [-0.3, -0.25) is 14.6 Å². The number of pyridine rings is 2. The van der Waals surface area contributed by atoms with Crippen LogP contribution in [0.2, 0.25) is 0 Å². The topological polar surface area (TPSA) is 101 Å². The number of carbonyl (C=O) groups excluding carboxylic acids is 2. The third-order valence-corrected chi connectivity index (χ3v) is 5.70. The number of carbonyl (C=O) groups is 2. The monoisotopic (exact) mass is 417 g/mol. The summed E-state index contributed by atoms with van der Waals surface area (Å²) in [5.41, 5.74) is 6.40. The summed E-state index contributed by atoms with van der Waals surface area (Å²) in [4.78, 5) is 35.1. The molecule has 2 aromatic heterocycles. The number of nitrogens with one attached hydrogen (secondary N) is 1. The number of rotatable bonds is 2. The van der Waals surface area contributed by atoms with E-state index in [2.05, 4.69) is 15.3 Å². The van der Waals surface area contributed by atoms with Crippen LogP contribution in [0, 0.1) is 19.8 Å². The second kappa shape index (κ2) is 7.62. The van der Waals surface area contributed by atoms with Gasteiger partial charge in [-0.15, -0.1) is 0 Å². The van der Waals surface area contributed by atoms with Gasteiger partial charge < -0.3 is 16.0 Å². The minimum Gasteiger partial charge on any atom is -0.383 e. The van der Waals surface area contributed by atoms with E-state index >= 15 is 0 Å². The Balaban J connectivity index is 1.93. The van der Waals surface area contributed by atoms with Crippen LogP contribution in [0.4, 0.5) is 20.3 Å². The fourth-order valence-corrected chi connectivity index (χ4v) is 3.65. The van der Waals surface area contributed by atoms with Gasteiger partial charge in [0.25, 0.3) is 5.92 Å². The zero-order valence-corrected chi connectivity index (χ0v) is 17.4. The van der Waals surface area contributed by atoms with Gasteiger partial charge in [0.1, 0.15) is 5.82 Å². The first-order valence-corrected chi connectivity index (χ1v) is 9.60. The highest BCUT2D eigenvalue weighted by molar-refractivity contribution is 6.39. The second-order valence-electron chi connectivity index (χ2n) is 8.10. The molecule has 0 aliphatic carbocycles. The molecule has 1 fully saturated rings. The van der Waals surface area contributed by atoms with Gasteiger partial charge >= 0.3 is 11.8 Å². The summed E-state index contributed by atoms with van der Waals surface area (Å²) in [5.74, 6) is -5.60. The predicted molar refractivity (Wildman–Crippen MR) is 109 cm³/mol. The molecule has 1 saturated heterocycles. The molecule has 0 bridgehead atoms. The molecule has 0 spiro atoms. The third-order valence-electron chi connectivity index (χ3n) is 5.70. The van der Waals surface area contributed by atoms with Crippen LogP contribution in [-0.2, 0) is 15.1 Å². The third kappa shape index (κ3) is 3.96. The van der Waals surface area contributed by atoms with Crippen molar-refractivity contribution in [2.45, 2.75) is 45.6 Å². The van der Waals surface area contributed by atoms with Crippen LogP contribution in [0.3, 0.4) is 0 Å². The Morgan fingerprint density at radius 2 is 1.93 bits per heavy atom. The van der Waals surface area contributed by atoms with Crippen LogP contribution in [-0.4, -0.2) is 39.1 Å². The number of nitrogens with two attached hydrogens (primary N) is 1. The van der Waals surface area contributed by atoms with E-state index in [1.165, 1.54) is 24.2 Å². The van der Waals surface area contributed by atoms with Crippen LogP contribution in [0.25, 0.3) is 0 Å². The normalized spacial score (nSPS) is 23.1. The van der Waals surface area contributed by atoms with Gasteiger partial charge in [0.15, 0.2) is 0 Å². The van der Waals surface area contributed by atoms with E-state index < -0.39 is 35.6 Å². The number of hydrogen-bond donors (Lipinski definition) is 2. The molecule has 30 heavy (non-hydrogen) atoms. The largest absolute Gasteiger partial charge is 0.383 e. The molecule has 2 aromatic rings. The van der Waals surface area contributed by atoms with E-state index in [0.717, 1.165) is 5.69 Å². The Morgan fingerprint density at radius 3 is 2.53 bits per heavy atom. The Labute approximate surface area is 173 Å². The zero-order valence-electron chi connectivity index (χ0n) is 17.4. The van der Waals surface area contributed by atoms with E-state index in [4.69, 9.17) is 5.73 Å². The van der Waals surface area contributed by atoms with Gasteiger partial charge in [0.05, 0.1) is 17.4 Å². The molecular weight excluding hydrogens is 392 g/mol. The zero-order chi connectivity index (χ0) is 22.3. The fraction of sp³-hybridized carbons (Fsp3) is 0.429. The Hall–Kier alpha value is -3.10. The molecule has 0 saturated carbocycles. The molecule has 3 N–H and O–H groups in total. The first-order chi connectivity index (χ1) is 13.9. The Morgan fingerprint density at radius 1 is 1.23 bits per heavy atom. The summed E-state index contributed by atoms with van der Waals surface area (Å²) in [5, 5.41) is 2.49. The van der Waals surface area contributed by atoms with Crippen molar-refractivity contribution in [3.05, 3.63) is 47.4 Å². The highest BCUT2D eigenvalue weighted by Gasteiger charge is 2.54. The van der Waals surface area contributed by atoms with Gasteiger partial charge in [0.2, 0.25) is 0 Å². The molecule has 2 amide bonds. The molecule has 1 aliphatic rings. The summed E-state index contributed by atoms with van der Waals surface area (Å²) in [6, 6.07) is 4.95. The lowest BCUT2D eigenvalue weighted by Crippen LogP contribution is -2.61. The number of aryl methyl sites for hydroxylation is 2. The maximum atomic E-state index is 14.6. The van der Waals surface area contributed by atoms with E-state index in [1.54, 1.807) is 39.0 Å². The molecule has 0 radical (unpaired) electrons. The number of aromatic nitrogens is 2. The summed E-state index contributed by atoms with van der Waals surface area (Å²) in [6.07, 6.45) is 2.21. The minimum absolute atomic E-state index is 0.261. The SMILES string of the molecule is Cc1ccc([C@]2(C)CC(F)(F)[C@H](C)CN2C(=O)C(=O)Nc2cnc(N)c(C)c2)cn1. The average Bonchev–Trinajstić information content (AvgIpc) is 2.67. The van der Waals surface area contributed by atoms with Crippen LogP contribution >= 0.6 is 0 Å². The number of nitrogen functional groups attached to an aromatic ring is 1. The van der Waals surface area contributed by atoms with Gasteiger partial charge in [-0.25, -0.2) is 13.8 Å². The standard InChI is InChI=1S/C21H25F2N5O2/c1-12-7-16(9-26-17(12)24)27-18(29)19(30)28-10-13(2)21(22,23)11-20(28,4)15-6-5-14(3)25-8-15/h5-9,13H,10-11H2,1-4H3,(H2,24,26)(H,27,29)/t13-,20+/m1/s1. The van der Waals surface area contributed by atoms with E-state index in [0.29, 0.717) is 22.6 Å². The molecule has 7 nitrogen and oxygen atoms in total. The lowest BCUT2D eigenvalue weighted by molar-refractivity contribution is -0.172. The lowest BCUT2D eigenvalue weighted by Gasteiger charge is -2.49. The fourth-order valence-electron chi connectivity index (χ4n) is 3.65. The summed E-state index contributed by atoms with van der Waals surface area (Å²) in [7, 11) is 0. The van der Waals surface area contributed by atoms with Crippen molar-refractivity contribution in [1.29, 1.82) is 0 Å². The van der Waals surface area contributed by atoms with Crippen LogP contribution in [0.1, 0.15) is 37.1 Å². The number of anilines is 2. The van der Waals surface area contributed by atoms with Crippen molar-refractivity contribution in [2.75, 3.05) is 17.6 Å². The number of nitrogens with zero attached hydrogens (tertiary/aromatic N) is 3. The maximum Gasteiger partial charge on any atom is 0.313 e. The van der Waals surface area contributed by atoms with E-state index in [9.17, 15) is 18.4 Å².